The summed E-state index contributed by atoms with van der Waals surface area (Å²) in [5.41, 5.74) is 0.796. The quantitative estimate of drug-likeness (QED) is 0.877. The summed E-state index contributed by atoms with van der Waals surface area (Å²) < 4.78 is 0. The van der Waals surface area contributed by atoms with Crippen LogP contribution >= 0.6 is 11.8 Å². The lowest BCUT2D eigenvalue weighted by atomic mass is 9.81. The second kappa shape index (κ2) is 5.33. The molecular weight excluding hydrogens is 276 g/mol. The standard InChI is InChI=1S/C19H22OS/c20-19(12-17-6-3-7-18(13-19)21-17)11-14-8-9-15-4-1-2-5-16(15)10-14/h1-2,4-5,8-10,17-18,20H,3,6-7,11-13H2. The van der Waals surface area contributed by atoms with E-state index in [1.54, 1.807) is 0 Å². The van der Waals surface area contributed by atoms with Crippen LogP contribution in [0.3, 0.4) is 0 Å². The van der Waals surface area contributed by atoms with Crippen LogP contribution in [0.25, 0.3) is 10.8 Å². The maximum Gasteiger partial charge on any atom is 0.0709 e. The van der Waals surface area contributed by atoms with E-state index in [0.717, 1.165) is 19.3 Å². The zero-order valence-electron chi connectivity index (χ0n) is 12.3. The van der Waals surface area contributed by atoms with Crippen molar-refractivity contribution >= 4 is 22.5 Å². The van der Waals surface area contributed by atoms with Gasteiger partial charge < -0.3 is 5.11 Å². The number of benzene rings is 2. The maximum absolute atomic E-state index is 11.1. The molecule has 0 saturated carbocycles. The molecule has 2 aromatic rings. The Kier molecular flexibility index (Phi) is 3.47. The van der Waals surface area contributed by atoms with E-state index in [4.69, 9.17) is 0 Å². The van der Waals surface area contributed by atoms with Gasteiger partial charge in [-0.2, -0.15) is 11.8 Å². The minimum atomic E-state index is -0.483. The fraction of sp³-hybridized carbons (Fsp3) is 0.474. The highest BCUT2D eigenvalue weighted by Crippen LogP contribution is 2.46. The lowest BCUT2D eigenvalue weighted by Crippen LogP contribution is -2.44. The van der Waals surface area contributed by atoms with E-state index in [-0.39, 0.29) is 0 Å². The predicted octanol–water partition coefficient (Wildman–Crippen LogP) is 4.56. The van der Waals surface area contributed by atoms with Gasteiger partial charge in [-0.25, -0.2) is 0 Å². The third kappa shape index (κ3) is 2.84. The number of aliphatic hydroxyl groups is 1. The van der Waals surface area contributed by atoms with Crippen LogP contribution in [-0.2, 0) is 6.42 Å². The largest absolute Gasteiger partial charge is 0.389 e. The van der Waals surface area contributed by atoms with Crippen LogP contribution in [0.5, 0.6) is 0 Å². The monoisotopic (exact) mass is 298 g/mol. The molecule has 2 heterocycles. The van der Waals surface area contributed by atoms with Gasteiger partial charge in [-0.3, -0.25) is 0 Å². The fourth-order valence-electron chi connectivity index (χ4n) is 4.09. The van der Waals surface area contributed by atoms with Gasteiger partial charge in [-0.15, -0.1) is 0 Å². The topological polar surface area (TPSA) is 20.2 Å². The molecule has 110 valence electrons. The first kappa shape index (κ1) is 13.7. The van der Waals surface area contributed by atoms with E-state index >= 15 is 0 Å². The normalized spacial score (nSPS) is 32.2. The number of hydrogen-bond acceptors (Lipinski definition) is 2. The third-order valence-corrected chi connectivity index (χ3v) is 6.57. The smallest absolute Gasteiger partial charge is 0.0709 e. The van der Waals surface area contributed by atoms with Crippen molar-refractivity contribution in [2.45, 2.75) is 54.6 Å². The van der Waals surface area contributed by atoms with Gasteiger partial charge in [0.2, 0.25) is 0 Å². The van der Waals surface area contributed by atoms with Crippen LogP contribution in [0.1, 0.15) is 37.7 Å². The van der Waals surface area contributed by atoms with Crippen LogP contribution < -0.4 is 0 Å². The van der Waals surface area contributed by atoms with E-state index in [2.05, 4.69) is 54.2 Å². The maximum atomic E-state index is 11.1. The Bertz CT molecular complexity index is 639. The first-order valence-electron chi connectivity index (χ1n) is 8.06. The zero-order valence-corrected chi connectivity index (χ0v) is 13.1. The molecule has 0 amide bonds. The molecule has 0 aromatic heterocycles. The Morgan fingerprint density at radius 1 is 1.00 bits per heavy atom. The van der Waals surface area contributed by atoms with Crippen molar-refractivity contribution in [1.29, 1.82) is 0 Å². The molecule has 0 aliphatic carbocycles. The van der Waals surface area contributed by atoms with Crippen molar-refractivity contribution < 1.29 is 5.11 Å². The van der Waals surface area contributed by atoms with E-state index in [1.807, 2.05) is 0 Å². The van der Waals surface area contributed by atoms with Crippen LogP contribution in [0, 0.1) is 0 Å². The SMILES string of the molecule is OC1(Cc2ccc3ccccc3c2)CC2CCCC(C1)S2. The highest BCUT2D eigenvalue weighted by molar-refractivity contribution is 8.00. The molecule has 2 aliphatic heterocycles. The second-order valence-corrected chi connectivity index (χ2v) is 8.41. The molecule has 0 spiro atoms. The third-order valence-electron chi connectivity index (χ3n) is 5.00. The summed E-state index contributed by atoms with van der Waals surface area (Å²) in [5, 5.41) is 15.0. The summed E-state index contributed by atoms with van der Waals surface area (Å²) in [5.74, 6) is 0. The zero-order chi connectivity index (χ0) is 14.3. The first-order valence-corrected chi connectivity index (χ1v) is 9.00. The molecule has 4 rings (SSSR count). The molecule has 1 N–H and O–H groups in total. The molecular formula is C19H22OS. The Morgan fingerprint density at radius 2 is 1.71 bits per heavy atom. The first-order chi connectivity index (χ1) is 10.2. The van der Waals surface area contributed by atoms with Crippen molar-refractivity contribution in [2.75, 3.05) is 0 Å². The molecule has 2 bridgehead atoms. The van der Waals surface area contributed by atoms with E-state index in [9.17, 15) is 5.11 Å². The van der Waals surface area contributed by atoms with Crippen molar-refractivity contribution in [1.82, 2.24) is 0 Å². The minimum absolute atomic E-state index is 0.483. The van der Waals surface area contributed by atoms with E-state index in [1.165, 1.54) is 35.6 Å². The number of hydrogen-bond donors (Lipinski definition) is 1. The number of rotatable bonds is 2. The summed E-state index contributed by atoms with van der Waals surface area (Å²) in [6, 6.07) is 15.1. The summed E-state index contributed by atoms with van der Waals surface area (Å²) in [6.07, 6.45) is 6.70. The van der Waals surface area contributed by atoms with Gasteiger partial charge in [-0.05, 0) is 42.0 Å². The molecule has 0 radical (unpaired) electrons. The second-order valence-electron chi connectivity index (χ2n) is 6.80. The molecule has 2 heteroatoms. The van der Waals surface area contributed by atoms with Crippen LogP contribution in [0.15, 0.2) is 42.5 Å². The molecule has 2 fully saturated rings. The Hall–Kier alpha value is -0.990. The molecule has 2 atom stereocenters. The lowest BCUT2D eigenvalue weighted by Gasteiger charge is -2.44. The van der Waals surface area contributed by atoms with Gasteiger partial charge in [0.05, 0.1) is 5.60 Å². The van der Waals surface area contributed by atoms with Gasteiger partial charge in [0.15, 0.2) is 0 Å². The van der Waals surface area contributed by atoms with Crippen LogP contribution in [-0.4, -0.2) is 21.2 Å². The number of thioether (sulfide) groups is 1. The van der Waals surface area contributed by atoms with Gasteiger partial charge in [0, 0.05) is 16.9 Å². The summed E-state index contributed by atoms with van der Waals surface area (Å²) >= 11 is 2.13. The van der Waals surface area contributed by atoms with Crippen molar-refractivity contribution in [2.24, 2.45) is 0 Å². The van der Waals surface area contributed by atoms with E-state index < -0.39 is 5.60 Å². The summed E-state index contributed by atoms with van der Waals surface area (Å²) in [4.78, 5) is 0. The van der Waals surface area contributed by atoms with Crippen LogP contribution in [0.2, 0.25) is 0 Å². The van der Waals surface area contributed by atoms with Crippen molar-refractivity contribution in [3.63, 3.8) is 0 Å². The summed E-state index contributed by atoms with van der Waals surface area (Å²) in [7, 11) is 0. The molecule has 1 nitrogen and oxygen atoms in total. The average Bonchev–Trinajstić information content (AvgIpc) is 2.46. The number of fused-ring (bicyclic) bond motifs is 3. The molecule has 2 unspecified atom stereocenters. The van der Waals surface area contributed by atoms with Gasteiger partial charge in [-0.1, -0.05) is 48.9 Å². The van der Waals surface area contributed by atoms with Gasteiger partial charge >= 0.3 is 0 Å². The Morgan fingerprint density at radius 3 is 2.48 bits per heavy atom. The Labute approximate surface area is 130 Å². The van der Waals surface area contributed by atoms with Crippen LogP contribution in [0.4, 0.5) is 0 Å². The molecule has 2 aliphatic rings. The van der Waals surface area contributed by atoms with Crippen molar-refractivity contribution in [3.05, 3.63) is 48.0 Å². The highest BCUT2D eigenvalue weighted by atomic mass is 32.2. The average molecular weight is 298 g/mol. The minimum Gasteiger partial charge on any atom is -0.389 e. The Balaban J connectivity index is 1.58. The van der Waals surface area contributed by atoms with Gasteiger partial charge in [0.1, 0.15) is 0 Å². The van der Waals surface area contributed by atoms with Gasteiger partial charge in [0.25, 0.3) is 0 Å². The fourth-order valence-corrected chi connectivity index (χ4v) is 6.05. The lowest BCUT2D eigenvalue weighted by molar-refractivity contribution is 0.0130. The predicted molar refractivity (Wildman–Crippen MR) is 90.9 cm³/mol. The highest BCUT2D eigenvalue weighted by Gasteiger charge is 2.41. The van der Waals surface area contributed by atoms with E-state index in [0.29, 0.717) is 10.5 Å². The molecule has 21 heavy (non-hydrogen) atoms. The summed E-state index contributed by atoms with van der Waals surface area (Å²) in [6.45, 7) is 0. The molecule has 2 aromatic carbocycles. The molecule has 2 saturated heterocycles. The van der Waals surface area contributed by atoms with Crippen molar-refractivity contribution in [3.8, 4) is 0 Å².